The zero-order valence-electron chi connectivity index (χ0n) is 14.9. The highest BCUT2D eigenvalue weighted by molar-refractivity contribution is 5.92. The van der Waals surface area contributed by atoms with Crippen LogP contribution in [-0.4, -0.2) is 54.5 Å². The number of non-ortho nitro benzene ring substituents is 1. The van der Waals surface area contributed by atoms with Crippen LogP contribution in [0.4, 0.5) is 15.8 Å². The summed E-state index contributed by atoms with van der Waals surface area (Å²) in [4.78, 5) is 38.1. The Hall–Kier alpha value is -3.49. The van der Waals surface area contributed by atoms with E-state index in [1.165, 1.54) is 30.3 Å². The molecule has 3 rings (SSSR count). The molecule has 1 amide bonds. The first-order valence-electron chi connectivity index (χ1n) is 8.64. The lowest BCUT2D eigenvalue weighted by Crippen LogP contribution is -2.49. The van der Waals surface area contributed by atoms with Crippen molar-refractivity contribution < 1.29 is 23.6 Å². The van der Waals surface area contributed by atoms with Gasteiger partial charge in [0.2, 0.25) is 0 Å². The summed E-state index contributed by atoms with van der Waals surface area (Å²) in [6.45, 7) is 1.62. The molecule has 0 radical (unpaired) electrons. The van der Waals surface area contributed by atoms with E-state index in [0.29, 0.717) is 26.2 Å². The molecule has 0 unspecified atom stereocenters. The Bertz CT molecular complexity index is 879. The van der Waals surface area contributed by atoms with Crippen molar-refractivity contribution in [1.29, 1.82) is 0 Å². The van der Waals surface area contributed by atoms with Crippen molar-refractivity contribution >= 4 is 23.3 Å². The normalized spacial score (nSPS) is 13.9. The maximum atomic E-state index is 13.0. The van der Waals surface area contributed by atoms with Crippen molar-refractivity contribution in [3.63, 3.8) is 0 Å². The molecule has 0 aliphatic carbocycles. The molecule has 9 heteroatoms. The van der Waals surface area contributed by atoms with E-state index >= 15 is 0 Å². The molecule has 2 aromatic carbocycles. The number of piperazine rings is 1. The average molecular weight is 387 g/mol. The molecule has 8 nitrogen and oxygen atoms in total. The summed E-state index contributed by atoms with van der Waals surface area (Å²) in [5.41, 5.74) is 0.673. The van der Waals surface area contributed by atoms with E-state index in [4.69, 9.17) is 4.74 Å². The third-order valence-electron chi connectivity index (χ3n) is 4.44. The van der Waals surface area contributed by atoms with Crippen molar-refractivity contribution in [2.75, 3.05) is 37.7 Å². The molecule has 0 N–H and O–H groups in total. The number of halogens is 1. The molecule has 1 aliphatic heterocycles. The van der Waals surface area contributed by atoms with E-state index in [1.54, 1.807) is 17.0 Å². The van der Waals surface area contributed by atoms with E-state index in [-0.39, 0.29) is 23.0 Å². The van der Waals surface area contributed by atoms with Crippen LogP contribution in [-0.2, 0) is 9.53 Å². The number of ether oxygens (including phenoxy) is 1. The largest absolute Gasteiger partial charge is 0.452 e. The van der Waals surface area contributed by atoms with Crippen LogP contribution in [0.5, 0.6) is 0 Å². The number of rotatable bonds is 5. The predicted octanol–water partition coefficient (Wildman–Crippen LogP) is 2.24. The van der Waals surface area contributed by atoms with Gasteiger partial charge in [-0.1, -0.05) is 6.07 Å². The third kappa shape index (κ3) is 4.61. The van der Waals surface area contributed by atoms with Gasteiger partial charge in [0.1, 0.15) is 5.82 Å². The van der Waals surface area contributed by atoms with Crippen LogP contribution in [0, 0.1) is 15.9 Å². The highest BCUT2D eigenvalue weighted by Gasteiger charge is 2.23. The van der Waals surface area contributed by atoms with Crippen molar-refractivity contribution in [2.45, 2.75) is 0 Å². The summed E-state index contributed by atoms with van der Waals surface area (Å²) >= 11 is 0. The van der Waals surface area contributed by atoms with Gasteiger partial charge < -0.3 is 14.5 Å². The number of nitro benzene ring substituents is 1. The minimum Gasteiger partial charge on any atom is -0.452 e. The van der Waals surface area contributed by atoms with E-state index in [0.717, 1.165) is 11.8 Å². The lowest BCUT2D eigenvalue weighted by molar-refractivity contribution is -0.384. The van der Waals surface area contributed by atoms with Crippen molar-refractivity contribution in [3.05, 3.63) is 70.0 Å². The fourth-order valence-electron chi connectivity index (χ4n) is 2.91. The zero-order valence-corrected chi connectivity index (χ0v) is 14.9. The van der Waals surface area contributed by atoms with Crippen LogP contribution in [0.15, 0.2) is 48.5 Å². The maximum absolute atomic E-state index is 13.0. The van der Waals surface area contributed by atoms with Gasteiger partial charge in [0.15, 0.2) is 6.61 Å². The van der Waals surface area contributed by atoms with Gasteiger partial charge in [-0.15, -0.1) is 0 Å². The quantitative estimate of drug-likeness (QED) is 0.444. The topological polar surface area (TPSA) is 93.0 Å². The van der Waals surface area contributed by atoms with Crippen LogP contribution in [0.25, 0.3) is 0 Å². The number of hydrogen-bond donors (Lipinski definition) is 0. The number of hydrogen-bond acceptors (Lipinski definition) is 6. The molecule has 1 aliphatic rings. The second-order valence-electron chi connectivity index (χ2n) is 6.23. The molecule has 1 saturated heterocycles. The van der Waals surface area contributed by atoms with Crippen LogP contribution in [0.1, 0.15) is 10.4 Å². The van der Waals surface area contributed by atoms with Crippen LogP contribution in [0.2, 0.25) is 0 Å². The molecule has 0 bridgehead atoms. The number of carbonyl (C=O) groups excluding carboxylic acids is 2. The number of amides is 1. The molecule has 1 fully saturated rings. The van der Waals surface area contributed by atoms with Gasteiger partial charge in [0.25, 0.3) is 11.6 Å². The summed E-state index contributed by atoms with van der Waals surface area (Å²) in [5, 5.41) is 10.8. The highest BCUT2D eigenvalue weighted by Crippen LogP contribution is 2.17. The molecule has 0 aromatic heterocycles. The molecule has 0 spiro atoms. The summed E-state index contributed by atoms with van der Waals surface area (Å²) in [6, 6.07) is 11.3. The van der Waals surface area contributed by atoms with Gasteiger partial charge in [-0.25, -0.2) is 9.18 Å². The number of carbonyl (C=O) groups is 2. The fraction of sp³-hybridized carbons (Fsp3) is 0.263. The molecular formula is C19H18FN3O5. The Morgan fingerprint density at radius 3 is 2.39 bits per heavy atom. The lowest BCUT2D eigenvalue weighted by atomic mass is 10.2. The van der Waals surface area contributed by atoms with Crippen LogP contribution in [0.3, 0.4) is 0 Å². The first-order chi connectivity index (χ1) is 13.4. The Morgan fingerprint density at radius 1 is 1.07 bits per heavy atom. The summed E-state index contributed by atoms with van der Waals surface area (Å²) in [6.07, 6.45) is 0. The predicted molar refractivity (Wildman–Crippen MR) is 98.6 cm³/mol. The molecule has 0 saturated carbocycles. The number of benzene rings is 2. The maximum Gasteiger partial charge on any atom is 0.338 e. The Kier molecular flexibility index (Phi) is 5.83. The Morgan fingerprint density at radius 2 is 1.75 bits per heavy atom. The second kappa shape index (κ2) is 8.47. The average Bonchev–Trinajstić information content (AvgIpc) is 2.72. The fourth-order valence-corrected chi connectivity index (χ4v) is 2.91. The van der Waals surface area contributed by atoms with E-state index in [9.17, 15) is 24.1 Å². The number of nitrogens with zero attached hydrogens (tertiary/aromatic N) is 3. The number of nitro groups is 1. The smallest absolute Gasteiger partial charge is 0.338 e. The summed E-state index contributed by atoms with van der Waals surface area (Å²) in [7, 11) is 0. The van der Waals surface area contributed by atoms with Crippen molar-refractivity contribution in [1.82, 2.24) is 4.90 Å². The van der Waals surface area contributed by atoms with Gasteiger partial charge in [-0.3, -0.25) is 14.9 Å². The summed E-state index contributed by atoms with van der Waals surface area (Å²) in [5.74, 6) is -1.43. The van der Waals surface area contributed by atoms with Gasteiger partial charge in [0, 0.05) is 44.0 Å². The molecular weight excluding hydrogens is 369 g/mol. The first kappa shape index (κ1) is 19.3. The number of esters is 1. The van der Waals surface area contributed by atoms with Crippen molar-refractivity contribution in [2.24, 2.45) is 0 Å². The second-order valence-corrected chi connectivity index (χ2v) is 6.23. The minimum absolute atomic E-state index is 0.0168. The van der Waals surface area contributed by atoms with E-state index in [1.807, 2.05) is 4.90 Å². The standard InChI is InChI=1S/C19H18FN3O5/c20-15-4-6-16(7-5-15)21-8-10-22(11-9-21)18(24)13-28-19(25)14-2-1-3-17(12-14)23(26)27/h1-7,12H,8-11,13H2. The Balaban J connectivity index is 1.49. The highest BCUT2D eigenvalue weighted by atomic mass is 19.1. The van der Waals surface area contributed by atoms with E-state index in [2.05, 4.69) is 0 Å². The molecule has 1 heterocycles. The summed E-state index contributed by atoms with van der Waals surface area (Å²) < 4.78 is 18.0. The van der Waals surface area contributed by atoms with Crippen LogP contribution < -0.4 is 4.90 Å². The van der Waals surface area contributed by atoms with Gasteiger partial charge in [-0.2, -0.15) is 0 Å². The van der Waals surface area contributed by atoms with Gasteiger partial charge in [0.05, 0.1) is 10.5 Å². The third-order valence-corrected chi connectivity index (χ3v) is 4.44. The molecule has 28 heavy (non-hydrogen) atoms. The Labute approximate surface area is 160 Å². The molecule has 0 atom stereocenters. The number of anilines is 1. The van der Waals surface area contributed by atoms with Gasteiger partial charge >= 0.3 is 5.97 Å². The van der Waals surface area contributed by atoms with Gasteiger partial charge in [-0.05, 0) is 30.3 Å². The van der Waals surface area contributed by atoms with Crippen molar-refractivity contribution in [3.8, 4) is 0 Å². The van der Waals surface area contributed by atoms with E-state index < -0.39 is 17.5 Å². The SMILES string of the molecule is O=C(OCC(=O)N1CCN(c2ccc(F)cc2)CC1)c1cccc([N+](=O)[O-])c1. The molecule has 2 aromatic rings. The lowest BCUT2D eigenvalue weighted by Gasteiger charge is -2.36. The minimum atomic E-state index is -0.790. The first-order valence-corrected chi connectivity index (χ1v) is 8.64. The monoisotopic (exact) mass is 387 g/mol. The van der Waals surface area contributed by atoms with Crippen LogP contribution >= 0.6 is 0 Å². The molecule has 146 valence electrons. The zero-order chi connectivity index (χ0) is 20.1.